The Kier molecular flexibility index (Phi) is 7.37. The second kappa shape index (κ2) is 9.12. The fourth-order valence-electron chi connectivity index (χ4n) is 6.72. The van der Waals surface area contributed by atoms with E-state index in [0.29, 0.717) is 18.3 Å². The second-order valence-corrected chi connectivity index (χ2v) is 11.5. The summed E-state index contributed by atoms with van der Waals surface area (Å²) in [5.41, 5.74) is 0.428. The molecule has 0 amide bonds. The molecule has 184 valence electrons. The highest BCUT2D eigenvalue weighted by Crippen LogP contribution is 2.62. The van der Waals surface area contributed by atoms with Crippen LogP contribution in [0.1, 0.15) is 73.1 Å². The van der Waals surface area contributed by atoms with Gasteiger partial charge in [-0.1, -0.05) is 39.0 Å². The van der Waals surface area contributed by atoms with Crippen LogP contribution in [0.2, 0.25) is 0 Å². The van der Waals surface area contributed by atoms with E-state index in [1.54, 1.807) is 13.0 Å². The molecule has 4 N–H and O–H groups in total. The Morgan fingerprint density at radius 2 is 1.78 bits per heavy atom. The van der Waals surface area contributed by atoms with Crippen LogP contribution in [0.5, 0.6) is 0 Å². The van der Waals surface area contributed by atoms with Gasteiger partial charge in [-0.05, 0) is 75.0 Å². The molecular formula is C26H44O6. The molecule has 32 heavy (non-hydrogen) atoms. The molecule has 1 heterocycles. The van der Waals surface area contributed by atoms with E-state index in [4.69, 9.17) is 9.47 Å². The number of rotatable bonds is 6. The average molecular weight is 453 g/mol. The summed E-state index contributed by atoms with van der Waals surface area (Å²) < 4.78 is 11.8. The molecule has 0 radical (unpaired) electrons. The maximum atomic E-state index is 10.7. The van der Waals surface area contributed by atoms with Crippen LogP contribution >= 0.6 is 0 Å². The first kappa shape index (κ1) is 25.9. The van der Waals surface area contributed by atoms with Crippen LogP contribution in [0.4, 0.5) is 0 Å². The van der Waals surface area contributed by atoms with Gasteiger partial charge in [0.05, 0.1) is 17.8 Å². The van der Waals surface area contributed by atoms with Crippen LogP contribution in [-0.2, 0) is 9.47 Å². The van der Waals surface area contributed by atoms with Crippen molar-refractivity contribution in [3.63, 3.8) is 0 Å². The van der Waals surface area contributed by atoms with Crippen molar-refractivity contribution in [3.8, 4) is 0 Å². The minimum absolute atomic E-state index is 0.0653. The third-order valence-corrected chi connectivity index (χ3v) is 9.11. The molecule has 0 unspecified atom stereocenters. The third-order valence-electron chi connectivity index (χ3n) is 9.11. The van der Waals surface area contributed by atoms with Crippen LogP contribution in [0, 0.1) is 22.7 Å². The fraction of sp³-hybridized carbons (Fsp3) is 0.846. The van der Waals surface area contributed by atoms with Crippen molar-refractivity contribution in [3.05, 3.63) is 24.8 Å². The molecule has 6 nitrogen and oxygen atoms in total. The molecule has 2 saturated carbocycles. The van der Waals surface area contributed by atoms with E-state index in [1.165, 1.54) is 5.57 Å². The Hall–Kier alpha value is -0.760. The summed E-state index contributed by atoms with van der Waals surface area (Å²) in [6, 6.07) is 0. The van der Waals surface area contributed by atoms with E-state index >= 15 is 0 Å². The standard InChI is InChI=1S/C26H44O6/c1-8-25(6,32-23-22(30)21(29)20(28)16(3)31-23)13-11-17-15(2)9-10-18-24(4,5)19(27)12-14-26(17,18)7/h8,16-23,27-30H,1-2,9-14H2,3-7H3/t16-,17-,18-,19-,20-,21+,22+,23-,25-,26+/m0/s1. The Morgan fingerprint density at radius 3 is 2.41 bits per heavy atom. The lowest BCUT2D eigenvalue weighted by molar-refractivity contribution is -0.313. The van der Waals surface area contributed by atoms with E-state index in [-0.39, 0.29) is 16.9 Å². The lowest BCUT2D eigenvalue weighted by Crippen LogP contribution is -2.58. The molecule has 3 fully saturated rings. The highest BCUT2D eigenvalue weighted by molar-refractivity contribution is 5.17. The summed E-state index contributed by atoms with van der Waals surface area (Å²) in [6.07, 6.45) is 1.25. The molecule has 2 aliphatic carbocycles. The number of aliphatic hydroxyl groups excluding tert-OH is 4. The molecule has 6 heteroatoms. The summed E-state index contributed by atoms with van der Waals surface area (Å²) in [4.78, 5) is 0. The van der Waals surface area contributed by atoms with E-state index in [9.17, 15) is 20.4 Å². The van der Waals surface area contributed by atoms with Gasteiger partial charge in [-0.2, -0.15) is 0 Å². The summed E-state index contributed by atoms with van der Waals surface area (Å²) in [6.45, 7) is 18.7. The monoisotopic (exact) mass is 452 g/mol. The molecule has 1 saturated heterocycles. The number of hydrogen-bond acceptors (Lipinski definition) is 6. The number of fused-ring (bicyclic) bond motifs is 1. The highest BCUT2D eigenvalue weighted by Gasteiger charge is 2.56. The highest BCUT2D eigenvalue weighted by atomic mass is 16.7. The zero-order valence-corrected chi connectivity index (χ0v) is 20.5. The van der Waals surface area contributed by atoms with Gasteiger partial charge in [0.25, 0.3) is 0 Å². The van der Waals surface area contributed by atoms with Crippen molar-refractivity contribution < 1.29 is 29.9 Å². The third kappa shape index (κ3) is 4.47. The number of ether oxygens (including phenoxy) is 2. The second-order valence-electron chi connectivity index (χ2n) is 11.5. The smallest absolute Gasteiger partial charge is 0.187 e. The Bertz CT molecular complexity index is 706. The van der Waals surface area contributed by atoms with Crippen molar-refractivity contribution in [2.75, 3.05) is 0 Å². The van der Waals surface area contributed by atoms with E-state index in [0.717, 1.165) is 32.1 Å². The lowest BCUT2D eigenvalue weighted by atomic mass is 9.46. The minimum atomic E-state index is -1.34. The van der Waals surface area contributed by atoms with Gasteiger partial charge in [0.15, 0.2) is 6.29 Å². The Morgan fingerprint density at radius 1 is 1.12 bits per heavy atom. The van der Waals surface area contributed by atoms with Gasteiger partial charge in [0.1, 0.15) is 18.3 Å². The minimum Gasteiger partial charge on any atom is -0.393 e. The molecule has 10 atom stereocenters. The van der Waals surface area contributed by atoms with Gasteiger partial charge in [-0.3, -0.25) is 0 Å². The van der Waals surface area contributed by atoms with Crippen molar-refractivity contribution in [1.82, 2.24) is 0 Å². The van der Waals surface area contributed by atoms with Crippen LogP contribution in [-0.4, -0.2) is 62.8 Å². The van der Waals surface area contributed by atoms with E-state index in [1.807, 2.05) is 6.92 Å². The van der Waals surface area contributed by atoms with Gasteiger partial charge in [0.2, 0.25) is 0 Å². The molecular weight excluding hydrogens is 408 g/mol. The quantitative estimate of drug-likeness (QED) is 0.462. The maximum Gasteiger partial charge on any atom is 0.187 e. The normalized spacial score (nSPS) is 46.2. The largest absolute Gasteiger partial charge is 0.393 e. The van der Waals surface area contributed by atoms with Crippen molar-refractivity contribution in [2.45, 2.75) is 116 Å². The van der Waals surface area contributed by atoms with Gasteiger partial charge in [-0.15, -0.1) is 6.58 Å². The predicted octanol–water partition coefficient (Wildman–Crippen LogP) is 3.33. The SMILES string of the molecule is C=C[C@@](C)(CC[C@H]1C(=C)CC[C@H]2C(C)(C)[C@@H](O)CC[C@]12C)O[C@@H]1O[C@@H](C)[C@H](O)[C@@H](O)[C@H]1O. The topological polar surface area (TPSA) is 99.4 Å². The summed E-state index contributed by atoms with van der Waals surface area (Å²) >= 11 is 0. The molecule has 0 aromatic carbocycles. The zero-order valence-electron chi connectivity index (χ0n) is 20.5. The van der Waals surface area contributed by atoms with Crippen LogP contribution < -0.4 is 0 Å². The first-order valence-electron chi connectivity index (χ1n) is 12.1. The van der Waals surface area contributed by atoms with E-state index < -0.39 is 36.3 Å². The number of hydrogen-bond donors (Lipinski definition) is 4. The summed E-state index contributed by atoms with van der Waals surface area (Å²) in [7, 11) is 0. The zero-order chi connectivity index (χ0) is 24.1. The maximum absolute atomic E-state index is 10.7. The van der Waals surface area contributed by atoms with Gasteiger partial charge in [-0.25, -0.2) is 0 Å². The Labute approximate surface area is 193 Å². The average Bonchev–Trinajstić information content (AvgIpc) is 2.73. The van der Waals surface area contributed by atoms with E-state index in [2.05, 4.69) is 33.9 Å². The lowest BCUT2D eigenvalue weighted by Gasteiger charge is -2.59. The summed E-state index contributed by atoms with van der Waals surface area (Å²) in [5.74, 6) is 0.727. The Balaban J connectivity index is 1.74. The number of allylic oxidation sites excluding steroid dienone is 1. The molecule has 0 aromatic rings. The van der Waals surface area contributed by atoms with Gasteiger partial charge in [0, 0.05) is 0 Å². The first-order valence-corrected chi connectivity index (χ1v) is 12.1. The molecule has 0 spiro atoms. The first-order chi connectivity index (χ1) is 14.8. The van der Waals surface area contributed by atoms with Crippen molar-refractivity contribution >= 4 is 0 Å². The van der Waals surface area contributed by atoms with Crippen LogP contribution in [0.3, 0.4) is 0 Å². The van der Waals surface area contributed by atoms with Crippen LogP contribution in [0.15, 0.2) is 24.8 Å². The molecule has 0 bridgehead atoms. The molecule has 3 aliphatic rings. The fourth-order valence-corrected chi connectivity index (χ4v) is 6.72. The van der Waals surface area contributed by atoms with Crippen LogP contribution in [0.25, 0.3) is 0 Å². The van der Waals surface area contributed by atoms with Gasteiger partial charge < -0.3 is 29.9 Å². The number of aliphatic hydroxyl groups is 4. The summed E-state index contributed by atoms with van der Waals surface area (Å²) in [5, 5.41) is 41.2. The predicted molar refractivity (Wildman–Crippen MR) is 124 cm³/mol. The molecule has 1 aliphatic heterocycles. The molecule has 0 aromatic heterocycles. The molecule has 3 rings (SSSR count). The van der Waals surface area contributed by atoms with Crippen molar-refractivity contribution in [1.29, 1.82) is 0 Å². The van der Waals surface area contributed by atoms with Gasteiger partial charge >= 0.3 is 0 Å². The van der Waals surface area contributed by atoms with Crippen molar-refractivity contribution in [2.24, 2.45) is 22.7 Å².